The van der Waals surface area contributed by atoms with E-state index in [0.29, 0.717) is 0 Å². The first-order valence-corrected chi connectivity index (χ1v) is 5.19. The van der Waals surface area contributed by atoms with Crippen molar-refractivity contribution in [3.8, 4) is 0 Å². The van der Waals surface area contributed by atoms with E-state index in [4.69, 9.17) is 0 Å². The summed E-state index contributed by atoms with van der Waals surface area (Å²) in [6.45, 7) is 7.29. The molecule has 0 aromatic heterocycles. The molecule has 0 spiro atoms. The molecule has 0 N–H and O–H groups in total. The van der Waals surface area contributed by atoms with Crippen molar-refractivity contribution in [2.75, 3.05) is 7.05 Å². The van der Waals surface area contributed by atoms with E-state index in [-0.39, 0.29) is 5.54 Å². The van der Waals surface area contributed by atoms with Crippen LogP contribution in [0.25, 0.3) is 0 Å². The van der Waals surface area contributed by atoms with Gasteiger partial charge in [0.1, 0.15) is 6.29 Å². The highest BCUT2D eigenvalue weighted by molar-refractivity contribution is 5.77. The number of benzene rings is 1. The molecule has 0 fully saturated rings. The van der Waals surface area contributed by atoms with Gasteiger partial charge < -0.3 is 0 Å². The lowest BCUT2D eigenvalue weighted by atomic mass is 10.0. The average molecular weight is 205 g/mol. The number of carbonyl (C=O) groups is 1. The average Bonchev–Trinajstić information content (AvgIpc) is 2.17. The molecule has 0 radical (unpaired) electrons. The first-order valence-electron chi connectivity index (χ1n) is 5.19. The predicted octanol–water partition coefficient (Wildman–Crippen LogP) is 2.73. The van der Waals surface area contributed by atoms with Crippen LogP contribution in [0.2, 0.25) is 0 Å². The Labute approximate surface area is 91.9 Å². The van der Waals surface area contributed by atoms with Crippen LogP contribution in [0.5, 0.6) is 0 Å². The van der Waals surface area contributed by atoms with Gasteiger partial charge in [-0.25, -0.2) is 0 Å². The second-order valence-corrected chi connectivity index (χ2v) is 4.84. The Morgan fingerprint density at radius 3 is 2.40 bits per heavy atom. The second-order valence-electron chi connectivity index (χ2n) is 4.84. The van der Waals surface area contributed by atoms with Gasteiger partial charge in [0.2, 0.25) is 0 Å². The van der Waals surface area contributed by atoms with E-state index < -0.39 is 0 Å². The van der Waals surface area contributed by atoms with Gasteiger partial charge in [0.25, 0.3) is 0 Å². The van der Waals surface area contributed by atoms with E-state index in [1.807, 2.05) is 24.3 Å². The number of hydrogen-bond donors (Lipinski definition) is 0. The Morgan fingerprint density at radius 2 is 1.87 bits per heavy atom. The van der Waals surface area contributed by atoms with Crippen LogP contribution in [0, 0.1) is 0 Å². The Kier molecular flexibility index (Phi) is 3.64. The third-order valence-electron chi connectivity index (χ3n) is 2.73. The first kappa shape index (κ1) is 11.9. The maximum atomic E-state index is 10.8. The van der Waals surface area contributed by atoms with Crippen LogP contribution < -0.4 is 0 Å². The zero-order chi connectivity index (χ0) is 11.5. The molecule has 0 bridgehead atoms. The molecule has 0 heterocycles. The second kappa shape index (κ2) is 4.58. The highest BCUT2D eigenvalue weighted by atomic mass is 16.1. The van der Waals surface area contributed by atoms with E-state index in [1.165, 1.54) is 0 Å². The molecule has 0 atom stereocenters. The first-order chi connectivity index (χ1) is 6.95. The summed E-state index contributed by atoms with van der Waals surface area (Å²) in [5, 5.41) is 0. The molecule has 0 aliphatic rings. The summed E-state index contributed by atoms with van der Waals surface area (Å²) in [7, 11) is 2.07. The van der Waals surface area contributed by atoms with Crippen molar-refractivity contribution >= 4 is 6.29 Å². The molecule has 0 aliphatic carbocycles. The van der Waals surface area contributed by atoms with E-state index in [2.05, 4.69) is 32.7 Å². The van der Waals surface area contributed by atoms with Gasteiger partial charge in [-0.3, -0.25) is 9.69 Å². The normalized spacial score (nSPS) is 11.8. The van der Waals surface area contributed by atoms with Gasteiger partial charge in [-0.15, -0.1) is 0 Å². The van der Waals surface area contributed by atoms with E-state index >= 15 is 0 Å². The summed E-state index contributed by atoms with van der Waals surface area (Å²) in [6.07, 6.45) is 0.922. The molecule has 1 aromatic carbocycles. The Balaban J connectivity index is 2.85. The molecule has 1 rings (SSSR count). The molecule has 0 unspecified atom stereocenters. The minimum atomic E-state index is 0.121. The number of rotatable bonds is 3. The fourth-order valence-corrected chi connectivity index (χ4v) is 1.29. The van der Waals surface area contributed by atoms with Gasteiger partial charge in [0.05, 0.1) is 0 Å². The van der Waals surface area contributed by atoms with Crippen LogP contribution in [-0.4, -0.2) is 23.8 Å². The molecule has 15 heavy (non-hydrogen) atoms. The van der Waals surface area contributed by atoms with Crippen LogP contribution in [0.4, 0.5) is 0 Å². The third-order valence-corrected chi connectivity index (χ3v) is 2.73. The smallest absolute Gasteiger partial charge is 0.150 e. The van der Waals surface area contributed by atoms with Gasteiger partial charge in [-0.1, -0.05) is 24.3 Å². The standard InChI is InChI=1S/C13H19NO/c1-13(2,3)14(4)9-11-7-5-6-8-12(11)10-15/h5-8,10H,9H2,1-4H3. The molecule has 0 amide bonds. The lowest BCUT2D eigenvalue weighted by Crippen LogP contribution is -2.37. The molecule has 2 nitrogen and oxygen atoms in total. The molecule has 1 aromatic rings. The topological polar surface area (TPSA) is 20.3 Å². The fourth-order valence-electron chi connectivity index (χ4n) is 1.29. The SMILES string of the molecule is CN(Cc1ccccc1C=O)C(C)(C)C. The highest BCUT2D eigenvalue weighted by Crippen LogP contribution is 2.16. The van der Waals surface area contributed by atoms with Crippen LogP contribution in [0.15, 0.2) is 24.3 Å². The van der Waals surface area contributed by atoms with Crippen molar-refractivity contribution in [2.45, 2.75) is 32.9 Å². The van der Waals surface area contributed by atoms with Gasteiger partial charge in [-0.05, 0) is 33.4 Å². The van der Waals surface area contributed by atoms with Crippen molar-refractivity contribution in [3.63, 3.8) is 0 Å². The maximum absolute atomic E-state index is 10.8. The van der Waals surface area contributed by atoms with Gasteiger partial charge >= 0.3 is 0 Å². The van der Waals surface area contributed by atoms with Crippen LogP contribution >= 0.6 is 0 Å². The number of nitrogens with zero attached hydrogens (tertiary/aromatic N) is 1. The zero-order valence-electron chi connectivity index (χ0n) is 9.95. The number of hydrogen-bond acceptors (Lipinski definition) is 2. The lowest BCUT2D eigenvalue weighted by Gasteiger charge is -2.32. The molecule has 2 heteroatoms. The summed E-state index contributed by atoms with van der Waals surface area (Å²) >= 11 is 0. The van der Waals surface area contributed by atoms with E-state index in [1.54, 1.807) is 0 Å². The largest absolute Gasteiger partial charge is 0.298 e. The van der Waals surface area contributed by atoms with Crippen molar-refractivity contribution in [3.05, 3.63) is 35.4 Å². The number of aldehydes is 1. The summed E-state index contributed by atoms with van der Waals surface area (Å²) in [6, 6.07) is 7.73. The molecule has 82 valence electrons. The minimum Gasteiger partial charge on any atom is -0.298 e. The summed E-state index contributed by atoms with van der Waals surface area (Å²) < 4.78 is 0. The predicted molar refractivity (Wildman–Crippen MR) is 63.0 cm³/mol. The minimum absolute atomic E-state index is 0.121. The van der Waals surface area contributed by atoms with Crippen LogP contribution in [-0.2, 0) is 6.54 Å². The van der Waals surface area contributed by atoms with Crippen LogP contribution in [0.3, 0.4) is 0 Å². The summed E-state index contributed by atoms with van der Waals surface area (Å²) in [5.41, 5.74) is 1.99. The van der Waals surface area contributed by atoms with E-state index in [0.717, 1.165) is 24.0 Å². The van der Waals surface area contributed by atoms with Gasteiger partial charge in [-0.2, -0.15) is 0 Å². The highest BCUT2D eigenvalue weighted by Gasteiger charge is 2.17. The summed E-state index contributed by atoms with van der Waals surface area (Å²) in [5.74, 6) is 0. The number of carbonyl (C=O) groups excluding carboxylic acids is 1. The van der Waals surface area contributed by atoms with Crippen molar-refractivity contribution in [1.82, 2.24) is 4.90 Å². The Morgan fingerprint density at radius 1 is 1.27 bits per heavy atom. The van der Waals surface area contributed by atoms with Crippen molar-refractivity contribution in [1.29, 1.82) is 0 Å². The Hall–Kier alpha value is -1.15. The summed E-state index contributed by atoms with van der Waals surface area (Å²) in [4.78, 5) is 13.1. The molecular weight excluding hydrogens is 186 g/mol. The van der Waals surface area contributed by atoms with E-state index in [9.17, 15) is 4.79 Å². The molecule has 0 saturated heterocycles. The molecule has 0 saturated carbocycles. The van der Waals surface area contributed by atoms with Crippen molar-refractivity contribution in [2.24, 2.45) is 0 Å². The van der Waals surface area contributed by atoms with Crippen LogP contribution in [0.1, 0.15) is 36.7 Å². The van der Waals surface area contributed by atoms with Gasteiger partial charge in [0, 0.05) is 17.6 Å². The maximum Gasteiger partial charge on any atom is 0.150 e. The van der Waals surface area contributed by atoms with Gasteiger partial charge in [0.15, 0.2) is 0 Å². The Bertz CT molecular complexity index is 339. The monoisotopic (exact) mass is 205 g/mol. The fraction of sp³-hybridized carbons (Fsp3) is 0.462. The molecular formula is C13H19NO. The quantitative estimate of drug-likeness (QED) is 0.707. The van der Waals surface area contributed by atoms with Crippen molar-refractivity contribution < 1.29 is 4.79 Å². The zero-order valence-corrected chi connectivity index (χ0v) is 9.95. The molecule has 0 aliphatic heterocycles. The third kappa shape index (κ3) is 3.17. The lowest BCUT2D eigenvalue weighted by molar-refractivity contribution is 0.111.